The number of amides is 1. The minimum Gasteiger partial charge on any atom is -0.435 e. The first kappa shape index (κ1) is 20.2. The van der Waals surface area contributed by atoms with Crippen molar-refractivity contribution >= 4 is 15.9 Å². The molecule has 6 nitrogen and oxygen atoms in total. The number of carbonyl (C=O) groups excluding carboxylic acids is 1. The first-order valence-electron chi connectivity index (χ1n) is 8.77. The van der Waals surface area contributed by atoms with Crippen LogP contribution in [0.1, 0.15) is 23.2 Å². The predicted octanol–water partition coefficient (Wildman–Crippen LogP) is 2.87. The maximum absolute atomic E-state index is 12.6. The van der Waals surface area contributed by atoms with Crippen molar-refractivity contribution in [2.24, 2.45) is 0 Å². The van der Waals surface area contributed by atoms with Gasteiger partial charge in [-0.15, -0.1) is 0 Å². The van der Waals surface area contributed by atoms with E-state index in [4.69, 9.17) is 0 Å². The van der Waals surface area contributed by atoms with Gasteiger partial charge in [-0.25, -0.2) is 13.1 Å². The van der Waals surface area contributed by atoms with E-state index in [-0.39, 0.29) is 28.2 Å². The maximum atomic E-state index is 12.6. The Labute approximate surface area is 162 Å². The fourth-order valence-electron chi connectivity index (χ4n) is 3.08. The summed E-state index contributed by atoms with van der Waals surface area (Å²) in [5.74, 6) is -0.379. The Hall–Kier alpha value is -2.52. The molecule has 2 aromatic rings. The molecular formula is C19H20F2N2O4S. The van der Waals surface area contributed by atoms with Crippen LogP contribution in [0.25, 0.3) is 0 Å². The molecule has 1 saturated heterocycles. The lowest BCUT2D eigenvalue weighted by Crippen LogP contribution is -2.46. The second kappa shape index (κ2) is 8.66. The summed E-state index contributed by atoms with van der Waals surface area (Å²) >= 11 is 0. The predicted molar refractivity (Wildman–Crippen MR) is 98.8 cm³/mol. The first-order valence-corrected chi connectivity index (χ1v) is 10.2. The van der Waals surface area contributed by atoms with Crippen LogP contribution in [0.5, 0.6) is 5.75 Å². The third kappa shape index (κ3) is 5.05. The molecule has 0 atom stereocenters. The van der Waals surface area contributed by atoms with Gasteiger partial charge in [-0.2, -0.15) is 8.78 Å². The van der Waals surface area contributed by atoms with Gasteiger partial charge in [0.05, 0.1) is 4.90 Å². The maximum Gasteiger partial charge on any atom is 0.387 e. The highest BCUT2D eigenvalue weighted by Crippen LogP contribution is 2.20. The molecule has 9 heteroatoms. The topological polar surface area (TPSA) is 75.7 Å². The minimum absolute atomic E-state index is 0.0774. The van der Waals surface area contributed by atoms with Crippen molar-refractivity contribution < 1.29 is 26.7 Å². The molecule has 1 heterocycles. The van der Waals surface area contributed by atoms with E-state index < -0.39 is 16.6 Å². The molecule has 2 aromatic carbocycles. The van der Waals surface area contributed by atoms with E-state index in [1.165, 1.54) is 36.4 Å². The van der Waals surface area contributed by atoms with Crippen LogP contribution in [-0.2, 0) is 10.0 Å². The third-order valence-corrected chi connectivity index (χ3v) is 6.00. The van der Waals surface area contributed by atoms with Crippen molar-refractivity contribution in [3.05, 3.63) is 60.2 Å². The van der Waals surface area contributed by atoms with Gasteiger partial charge in [0, 0.05) is 24.7 Å². The van der Waals surface area contributed by atoms with Crippen molar-refractivity contribution in [1.82, 2.24) is 9.62 Å². The quantitative estimate of drug-likeness (QED) is 0.795. The van der Waals surface area contributed by atoms with Crippen LogP contribution in [0.4, 0.5) is 8.78 Å². The number of hydrogen-bond acceptors (Lipinski definition) is 4. The number of ether oxygens (including phenoxy) is 1. The first-order chi connectivity index (χ1) is 13.3. The summed E-state index contributed by atoms with van der Waals surface area (Å²) in [6, 6.07) is 13.5. The van der Waals surface area contributed by atoms with Crippen LogP contribution >= 0.6 is 0 Å². The number of hydrogen-bond donors (Lipinski definition) is 1. The fourth-order valence-corrected chi connectivity index (χ4v) is 4.40. The molecule has 0 aliphatic carbocycles. The van der Waals surface area contributed by atoms with Gasteiger partial charge in [0.1, 0.15) is 5.75 Å². The zero-order valence-corrected chi connectivity index (χ0v) is 15.7. The van der Waals surface area contributed by atoms with Crippen molar-refractivity contribution in [3.8, 4) is 5.75 Å². The van der Waals surface area contributed by atoms with Crippen molar-refractivity contribution in [2.45, 2.75) is 30.4 Å². The molecule has 1 fully saturated rings. The standard InChI is InChI=1S/C19H20F2N2O4S/c20-19(21)27-16-6-4-5-14(13-16)18(24)23-11-9-15(10-12-23)22-28(25,26)17-7-2-1-3-8-17/h1-8,13,15,19,22H,9-12H2. The highest BCUT2D eigenvalue weighted by atomic mass is 32.2. The summed E-state index contributed by atoms with van der Waals surface area (Å²) in [6.07, 6.45) is 0.927. The average molecular weight is 410 g/mol. The number of alkyl halides is 2. The number of halogens is 2. The molecule has 1 aliphatic heterocycles. The summed E-state index contributed by atoms with van der Waals surface area (Å²) in [4.78, 5) is 14.4. The molecule has 28 heavy (non-hydrogen) atoms. The van der Waals surface area contributed by atoms with Crippen LogP contribution in [-0.4, -0.2) is 45.0 Å². The van der Waals surface area contributed by atoms with Gasteiger partial charge in [0.2, 0.25) is 10.0 Å². The molecule has 0 saturated carbocycles. The highest BCUT2D eigenvalue weighted by molar-refractivity contribution is 7.89. The van der Waals surface area contributed by atoms with Crippen molar-refractivity contribution in [3.63, 3.8) is 0 Å². The van der Waals surface area contributed by atoms with E-state index in [0.29, 0.717) is 25.9 Å². The molecule has 1 N–H and O–H groups in total. The molecule has 0 radical (unpaired) electrons. The van der Waals surface area contributed by atoms with Gasteiger partial charge in [0.15, 0.2) is 0 Å². The van der Waals surface area contributed by atoms with Crippen molar-refractivity contribution in [2.75, 3.05) is 13.1 Å². The highest BCUT2D eigenvalue weighted by Gasteiger charge is 2.27. The van der Waals surface area contributed by atoms with E-state index >= 15 is 0 Å². The SMILES string of the molecule is O=C(c1cccc(OC(F)F)c1)N1CCC(NS(=O)(=O)c2ccccc2)CC1. The van der Waals surface area contributed by atoms with Gasteiger partial charge in [0.25, 0.3) is 5.91 Å². The zero-order valence-electron chi connectivity index (χ0n) is 14.9. The minimum atomic E-state index is -3.61. The number of carbonyl (C=O) groups is 1. The molecule has 3 rings (SSSR count). The number of nitrogens with one attached hydrogen (secondary N) is 1. The molecule has 1 amide bonds. The molecule has 1 aliphatic rings. The molecule has 0 bridgehead atoms. The van der Waals surface area contributed by atoms with Crippen LogP contribution < -0.4 is 9.46 Å². The Kier molecular flexibility index (Phi) is 6.25. The molecule has 150 valence electrons. The molecular weight excluding hydrogens is 390 g/mol. The average Bonchev–Trinajstić information content (AvgIpc) is 2.68. The van der Waals surface area contributed by atoms with E-state index in [0.717, 1.165) is 0 Å². The van der Waals surface area contributed by atoms with Gasteiger partial charge in [-0.05, 0) is 43.2 Å². The Morgan fingerprint density at radius 1 is 1.07 bits per heavy atom. The second-order valence-electron chi connectivity index (χ2n) is 6.41. The van der Waals surface area contributed by atoms with Gasteiger partial charge < -0.3 is 9.64 Å². The second-order valence-corrected chi connectivity index (χ2v) is 8.12. The lowest BCUT2D eigenvalue weighted by molar-refractivity contribution is -0.0499. The Balaban J connectivity index is 1.59. The summed E-state index contributed by atoms with van der Waals surface area (Å²) in [7, 11) is -3.61. The largest absolute Gasteiger partial charge is 0.435 e. The van der Waals surface area contributed by atoms with Crippen LogP contribution in [0.2, 0.25) is 0 Å². The molecule has 0 unspecified atom stereocenters. The Morgan fingerprint density at radius 2 is 1.75 bits per heavy atom. The molecule has 0 spiro atoms. The number of piperidine rings is 1. The Bertz CT molecular complexity index is 915. The van der Waals surface area contributed by atoms with Gasteiger partial charge in [-0.3, -0.25) is 4.79 Å². The van der Waals surface area contributed by atoms with Crippen molar-refractivity contribution in [1.29, 1.82) is 0 Å². The van der Waals surface area contributed by atoms with Crippen LogP contribution in [0.3, 0.4) is 0 Å². The summed E-state index contributed by atoms with van der Waals surface area (Å²) < 4.78 is 56.5. The normalized spacial score (nSPS) is 15.6. The number of sulfonamides is 1. The van der Waals surface area contributed by atoms with E-state index in [1.54, 1.807) is 23.1 Å². The number of likely N-dealkylation sites (tertiary alicyclic amines) is 1. The number of rotatable bonds is 6. The van der Waals surface area contributed by atoms with Gasteiger partial charge >= 0.3 is 6.61 Å². The zero-order chi connectivity index (χ0) is 20.1. The molecule has 0 aromatic heterocycles. The van der Waals surface area contributed by atoms with E-state index in [1.807, 2.05) is 0 Å². The van der Waals surface area contributed by atoms with Gasteiger partial charge in [-0.1, -0.05) is 24.3 Å². The monoisotopic (exact) mass is 410 g/mol. The van der Waals surface area contributed by atoms with Crippen LogP contribution in [0, 0.1) is 0 Å². The smallest absolute Gasteiger partial charge is 0.387 e. The summed E-state index contributed by atoms with van der Waals surface area (Å²) in [5, 5.41) is 0. The fraction of sp³-hybridized carbons (Fsp3) is 0.316. The van der Waals surface area contributed by atoms with E-state index in [2.05, 4.69) is 9.46 Å². The van der Waals surface area contributed by atoms with Crippen LogP contribution in [0.15, 0.2) is 59.5 Å². The lowest BCUT2D eigenvalue weighted by Gasteiger charge is -2.32. The summed E-state index contributed by atoms with van der Waals surface area (Å²) in [5.41, 5.74) is 0.251. The lowest BCUT2D eigenvalue weighted by atomic mass is 10.0. The number of nitrogens with zero attached hydrogens (tertiary/aromatic N) is 1. The summed E-state index contributed by atoms with van der Waals surface area (Å²) in [6.45, 7) is -2.24. The Morgan fingerprint density at radius 3 is 2.39 bits per heavy atom. The van der Waals surface area contributed by atoms with E-state index in [9.17, 15) is 22.0 Å². The third-order valence-electron chi connectivity index (χ3n) is 4.46. The number of benzene rings is 2.